The Bertz CT molecular complexity index is 218. The number of rotatable bonds is 2. The van der Waals surface area contributed by atoms with Crippen LogP contribution in [0.1, 0.15) is 12.5 Å². The van der Waals surface area contributed by atoms with Gasteiger partial charge in [0.1, 0.15) is 7.85 Å². The number of benzene rings is 1. The largest absolute Gasteiger partial charge is 0.383 e. The number of hydrogen-bond donors (Lipinski definition) is 0. The van der Waals surface area contributed by atoms with E-state index in [1.165, 1.54) is 5.56 Å². The van der Waals surface area contributed by atoms with Crippen molar-refractivity contribution in [3.8, 4) is 0 Å². The van der Waals surface area contributed by atoms with E-state index in [0.29, 0.717) is 0 Å². The Hall–Kier alpha value is -0.755. The second-order valence-electron chi connectivity index (χ2n) is 3.08. The first-order valence-electron chi connectivity index (χ1n) is 3.77. The zero-order chi connectivity index (χ0) is 8.32. The van der Waals surface area contributed by atoms with E-state index in [9.17, 15) is 0 Å². The van der Waals surface area contributed by atoms with E-state index in [2.05, 4.69) is 26.9 Å². The van der Waals surface area contributed by atoms with Gasteiger partial charge < -0.3 is 4.74 Å². The summed E-state index contributed by atoms with van der Waals surface area (Å²) in [5, 5.41) is 0. The van der Waals surface area contributed by atoms with Gasteiger partial charge in [-0.2, -0.15) is 0 Å². The second-order valence-corrected chi connectivity index (χ2v) is 3.08. The minimum absolute atomic E-state index is 0.165. The lowest BCUT2D eigenvalue weighted by Crippen LogP contribution is -2.23. The van der Waals surface area contributed by atoms with Crippen molar-refractivity contribution in [3.05, 3.63) is 35.9 Å². The Morgan fingerprint density at radius 3 is 2.27 bits per heavy atom. The maximum Gasteiger partial charge on any atom is 0.148 e. The van der Waals surface area contributed by atoms with Crippen LogP contribution in [0.5, 0.6) is 0 Å². The smallest absolute Gasteiger partial charge is 0.148 e. The van der Waals surface area contributed by atoms with Gasteiger partial charge in [0.05, 0.1) is 5.50 Å². The highest BCUT2D eigenvalue weighted by atomic mass is 16.5. The predicted octanol–water partition coefficient (Wildman–Crippen LogP) is 1.14. The van der Waals surface area contributed by atoms with Crippen LogP contribution in [0.15, 0.2) is 30.3 Å². The first-order valence-corrected chi connectivity index (χ1v) is 3.77. The quantitative estimate of drug-likeness (QED) is 0.571. The summed E-state index contributed by atoms with van der Waals surface area (Å²) in [7, 11) is 3.79. The van der Waals surface area contributed by atoms with E-state index in [0.717, 1.165) is 0 Å². The molecule has 2 heteroatoms. The van der Waals surface area contributed by atoms with Crippen molar-refractivity contribution in [2.45, 2.75) is 12.4 Å². The van der Waals surface area contributed by atoms with E-state index in [4.69, 9.17) is 4.74 Å². The van der Waals surface area contributed by atoms with Crippen LogP contribution in [0.3, 0.4) is 0 Å². The monoisotopic (exact) mass is 148 g/mol. The topological polar surface area (TPSA) is 9.23 Å². The summed E-state index contributed by atoms with van der Waals surface area (Å²) in [6.45, 7) is 2.06. The second kappa shape index (κ2) is 3.10. The van der Waals surface area contributed by atoms with Gasteiger partial charge in [0.15, 0.2) is 0 Å². The fourth-order valence-electron chi connectivity index (χ4n) is 0.957. The van der Waals surface area contributed by atoms with Crippen LogP contribution in [0.4, 0.5) is 0 Å². The maximum absolute atomic E-state index is 5.32. The van der Waals surface area contributed by atoms with E-state index < -0.39 is 0 Å². The minimum atomic E-state index is -0.165. The van der Waals surface area contributed by atoms with Crippen LogP contribution in [-0.4, -0.2) is 15.0 Å². The number of methoxy groups -OCH3 is 1. The van der Waals surface area contributed by atoms with Crippen LogP contribution < -0.4 is 0 Å². The zero-order valence-corrected chi connectivity index (χ0v) is 7.29. The average Bonchev–Trinajstić information content (AvgIpc) is 2.06. The summed E-state index contributed by atoms with van der Waals surface area (Å²) in [5.74, 6) is 0. The Labute approximate surface area is 68.8 Å². The molecule has 11 heavy (non-hydrogen) atoms. The van der Waals surface area contributed by atoms with Crippen LogP contribution in [0.25, 0.3) is 0 Å². The SMILES string of the molecule is B[C@@](C)(OC)c1ccccc1. The highest BCUT2D eigenvalue weighted by Crippen LogP contribution is 2.19. The number of hydrogen-bond acceptors (Lipinski definition) is 1. The lowest BCUT2D eigenvalue weighted by atomic mass is 9.77. The van der Waals surface area contributed by atoms with Gasteiger partial charge in [-0.1, -0.05) is 30.3 Å². The van der Waals surface area contributed by atoms with Crippen molar-refractivity contribution in [2.75, 3.05) is 7.11 Å². The summed E-state index contributed by atoms with van der Waals surface area (Å²) in [6, 6.07) is 10.2. The number of ether oxygens (including phenoxy) is 1. The molecule has 1 rings (SSSR count). The fourth-order valence-corrected chi connectivity index (χ4v) is 0.957. The third kappa shape index (κ3) is 1.84. The minimum Gasteiger partial charge on any atom is -0.383 e. The van der Waals surface area contributed by atoms with Gasteiger partial charge in [-0.3, -0.25) is 0 Å². The van der Waals surface area contributed by atoms with Gasteiger partial charge in [-0.25, -0.2) is 0 Å². The van der Waals surface area contributed by atoms with Crippen LogP contribution >= 0.6 is 0 Å². The molecule has 0 aliphatic carbocycles. The van der Waals surface area contributed by atoms with Gasteiger partial charge in [0.2, 0.25) is 0 Å². The first kappa shape index (κ1) is 8.34. The zero-order valence-electron chi connectivity index (χ0n) is 7.29. The van der Waals surface area contributed by atoms with E-state index in [-0.39, 0.29) is 5.50 Å². The van der Waals surface area contributed by atoms with E-state index in [1.54, 1.807) is 7.11 Å². The van der Waals surface area contributed by atoms with Crippen molar-refractivity contribution in [1.29, 1.82) is 0 Å². The Balaban J connectivity index is 2.93. The third-order valence-electron chi connectivity index (χ3n) is 1.98. The van der Waals surface area contributed by atoms with Crippen molar-refractivity contribution < 1.29 is 4.74 Å². The summed E-state index contributed by atoms with van der Waals surface area (Å²) >= 11 is 0. The van der Waals surface area contributed by atoms with Crippen LogP contribution in [0.2, 0.25) is 0 Å². The normalized spacial score (nSPS) is 15.8. The molecule has 0 spiro atoms. The molecule has 1 aromatic rings. The molecule has 1 nitrogen and oxygen atoms in total. The molecule has 0 N–H and O–H groups in total. The first-order chi connectivity index (χ1) is 5.17. The molecule has 0 radical (unpaired) electrons. The molecule has 0 unspecified atom stereocenters. The molecule has 0 aromatic heterocycles. The molecule has 0 amide bonds. The lowest BCUT2D eigenvalue weighted by molar-refractivity contribution is 0.0778. The highest BCUT2D eigenvalue weighted by Gasteiger charge is 2.17. The Kier molecular flexibility index (Phi) is 2.35. The summed E-state index contributed by atoms with van der Waals surface area (Å²) in [5.41, 5.74) is 1.05. The molecule has 1 atom stereocenters. The fraction of sp³-hybridized carbons (Fsp3) is 0.333. The Morgan fingerprint density at radius 2 is 1.82 bits per heavy atom. The molecule has 0 fully saturated rings. The predicted molar refractivity (Wildman–Crippen MR) is 49.3 cm³/mol. The van der Waals surface area contributed by atoms with Crippen molar-refractivity contribution in [2.24, 2.45) is 0 Å². The average molecular weight is 148 g/mol. The van der Waals surface area contributed by atoms with Gasteiger partial charge >= 0.3 is 0 Å². The van der Waals surface area contributed by atoms with Crippen molar-refractivity contribution in [1.82, 2.24) is 0 Å². The molecule has 0 saturated carbocycles. The van der Waals surface area contributed by atoms with Gasteiger partial charge in [0.25, 0.3) is 0 Å². The van der Waals surface area contributed by atoms with Crippen molar-refractivity contribution in [3.63, 3.8) is 0 Å². The molecule has 0 heterocycles. The summed E-state index contributed by atoms with van der Waals surface area (Å²) < 4.78 is 5.32. The van der Waals surface area contributed by atoms with Gasteiger partial charge in [-0.15, -0.1) is 0 Å². The van der Waals surface area contributed by atoms with Crippen LogP contribution in [-0.2, 0) is 10.2 Å². The molecule has 0 aliphatic heterocycles. The van der Waals surface area contributed by atoms with Gasteiger partial charge in [-0.05, 0) is 12.5 Å². The standard InChI is InChI=1S/C9H13BO/c1-9(10,11-2)8-6-4-3-5-7-8/h3-7H,10H2,1-2H3/t9-/m0/s1. The molecule has 0 aliphatic rings. The molecule has 0 bridgehead atoms. The van der Waals surface area contributed by atoms with Crippen molar-refractivity contribution >= 4 is 7.85 Å². The summed E-state index contributed by atoms with van der Waals surface area (Å²) in [4.78, 5) is 0. The van der Waals surface area contributed by atoms with Gasteiger partial charge in [0, 0.05) is 7.11 Å². The van der Waals surface area contributed by atoms with E-state index >= 15 is 0 Å². The van der Waals surface area contributed by atoms with E-state index in [1.807, 2.05) is 18.2 Å². The van der Waals surface area contributed by atoms with Crippen LogP contribution in [0, 0.1) is 0 Å². The maximum atomic E-state index is 5.32. The molecule has 1 aromatic carbocycles. The summed E-state index contributed by atoms with van der Waals surface area (Å²) in [6.07, 6.45) is 0. The lowest BCUT2D eigenvalue weighted by Gasteiger charge is -2.23. The Morgan fingerprint density at radius 1 is 1.27 bits per heavy atom. The third-order valence-corrected chi connectivity index (χ3v) is 1.98. The highest BCUT2D eigenvalue weighted by molar-refractivity contribution is 6.14. The molecule has 0 saturated heterocycles. The molecular weight excluding hydrogens is 135 g/mol. The molecule has 58 valence electrons. The molecular formula is C9H13BO.